The van der Waals surface area contributed by atoms with Gasteiger partial charge in [0.15, 0.2) is 5.82 Å². The highest BCUT2D eigenvalue weighted by Crippen LogP contribution is 2.27. The highest BCUT2D eigenvalue weighted by atomic mass is 32.1. The Kier molecular flexibility index (Phi) is 5.70. The molecule has 4 aromatic rings. The van der Waals surface area contributed by atoms with Gasteiger partial charge in [-0.15, -0.1) is 11.3 Å². The summed E-state index contributed by atoms with van der Waals surface area (Å²) < 4.78 is 7.89. The third-order valence-corrected chi connectivity index (χ3v) is 6.36. The summed E-state index contributed by atoms with van der Waals surface area (Å²) in [5.41, 5.74) is 1.02. The largest absolute Gasteiger partial charge is 0.494 e. The fraction of sp³-hybridized carbons (Fsp3) is 0.273. The maximum atomic E-state index is 13.4. The Hall–Kier alpha value is -3.66. The standard InChI is InChI=1S/C22H23N5O4S/c1-5-31-16-8-6-15(7-9-16)27-20(29)19-13(3)14(4)32-21(19)26(22(27)30)11-18(28)23-17-10-12(2)24-25-17/h6-10H,5,11H2,1-4H3,(H2,23,24,25,28). The van der Waals surface area contributed by atoms with Gasteiger partial charge in [0.1, 0.15) is 17.1 Å². The van der Waals surface area contributed by atoms with Crippen LogP contribution in [0.3, 0.4) is 0 Å². The Bertz CT molecular complexity index is 1430. The van der Waals surface area contributed by atoms with E-state index < -0.39 is 17.2 Å². The maximum Gasteiger partial charge on any atom is 0.337 e. The summed E-state index contributed by atoms with van der Waals surface area (Å²) in [7, 11) is 0. The van der Waals surface area contributed by atoms with Crippen LogP contribution in [-0.4, -0.2) is 31.8 Å². The molecule has 1 amide bonds. The van der Waals surface area contributed by atoms with Gasteiger partial charge in [-0.3, -0.25) is 19.3 Å². The number of ether oxygens (including phenoxy) is 1. The fourth-order valence-electron chi connectivity index (χ4n) is 3.49. The molecule has 0 unspecified atom stereocenters. The van der Waals surface area contributed by atoms with Gasteiger partial charge in [0, 0.05) is 16.6 Å². The Morgan fingerprint density at radius 2 is 1.91 bits per heavy atom. The lowest BCUT2D eigenvalue weighted by molar-refractivity contribution is -0.116. The molecule has 3 heterocycles. The van der Waals surface area contributed by atoms with Crippen LogP contribution in [0.2, 0.25) is 0 Å². The minimum atomic E-state index is -0.582. The molecule has 10 heteroatoms. The van der Waals surface area contributed by atoms with Crippen LogP contribution in [-0.2, 0) is 11.3 Å². The van der Waals surface area contributed by atoms with Crippen molar-refractivity contribution in [3.63, 3.8) is 0 Å². The second-order valence-corrected chi connectivity index (χ2v) is 8.59. The van der Waals surface area contributed by atoms with Crippen molar-refractivity contribution < 1.29 is 9.53 Å². The molecule has 3 aromatic heterocycles. The lowest BCUT2D eigenvalue weighted by atomic mass is 10.2. The summed E-state index contributed by atoms with van der Waals surface area (Å²) in [6.07, 6.45) is 0. The minimum absolute atomic E-state index is 0.252. The number of carbonyl (C=O) groups is 1. The van der Waals surface area contributed by atoms with Gasteiger partial charge in [-0.2, -0.15) is 5.10 Å². The first-order chi connectivity index (χ1) is 15.3. The van der Waals surface area contributed by atoms with E-state index in [1.807, 2.05) is 27.7 Å². The molecular formula is C22H23N5O4S. The molecule has 0 aliphatic rings. The van der Waals surface area contributed by atoms with Gasteiger partial charge in [0.05, 0.1) is 17.7 Å². The lowest BCUT2D eigenvalue weighted by Crippen LogP contribution is -2.40. The molecule has 0 spiro atoms. The zero-order chi connectivity index (χ0) is 23.0. The third kappa shape index (κ3) is 3.84. The average Bonchev–Trinajstić information content (AvgIpc) is 3.29. The van der Waals surface area contributed by atoms with Gasteiger partial charge in [-0.05, 0) is 57.5 Å². The zero-order valence-electron chi connectivity index (χ0n) is 18.2. The summed E-state index contributed by atoms with van der Waals surface area (Å²) in [4.78, 5) is 40.9. The van der Waals surface area contributed by atoms with Crippen LogP contribution in [0.5, 0.6) is 5.75 Å². The van der Waals surface area contributed by atoms with Gasteiger partial charge in [-0.25, -0.2) is 9.36 Å². The molecule has 0 aliphatic carbocycles. The number of nitrogens with zero attached hydrogens (tertiary/aromatic N) is 3. The molecule has 4 rings (SSSR count). The number of aromatic amines is 1. The second-order valence-electron chi connectivity index (χ2n) is 7.38. The summed E-state index contributed by atoms with van der Waals surface area (Å²) in [6.45, 7) is 7.69. The van der Waals surface area contributed by atoms with Crippen molar-refractivity contribution >= 4 is 33.3 Å². The summed E-state index contributed by atoms with van der Waals surface area (Å²) >= 11 is 1.33. The van der Waals surface area contributed by atoms with E-state index in [9.17, 15) is 14.4 Å². The van der Waals surface area contributed by atoms with Gasteiger partial charge < -0.3 is 10.1 Å². The number of thiophene rings is 1. The molecule has 9 nitrogen and oxygen atoms in total. The quantitative estimate of drug-likeness (QED) is 0.466. The first-order valence-corrected chi connectivity index (χ1v) is 10.9. The SMILES string of the molecule is CCOc1ccc(-n2c(=O)c3c(C)c(C)sc3n(CC(=O)Nc3cc(C)[nH]n3)c2=O)cc1. The highest BCUT2D eigenvalue weighted by Gasteiger charge is 2.21. The molecular weight excluding hydrogens is 430 g/mol. The third-order valence-electron chi connectivity index (χ3n) is 5.13. The molecule has 2 N–H and O–H groups in total. The number of fused-ring (bicyclic) bond motifs is 1. The number of nitrogens with one attached hydrogen (secondary N) is 2. The Labute approximate surface area is 187 Å². The smallest absolute Gasteiger partial charge is 0.337 e. The molecule has 0 atom stereocenters. The van der Waals surface area contributed by atoms with Crippen molar-refractivity contribution in [3.05, 3.63) is 67.3 Å². The van der Waals surface area contributed by atoms with Crippen LogP contribution in [0.15, 0.2) is 39.9 Å². The first kappa shape index (κ1) is 21.6. The number of H-pyrrole nitrogens is 1. The van der Waals surface area contributed by atoms with Crippen LogP contribution >= 0.6 is 11.3 Å². The number of anilines is 1. The lowest BCUT2D eigenvalue weighted by Gasteiger charge is -2.12. The van der Waals surface area contributed by atoms with Crippen LogP contribution in [0.4, 0.5) is 5.82 Å². The van der Waals surface area contributed by atoms with E-state index in [4.69, 9.17) is 4.74 Å². The van der Waals surface area contributed by atoms with E-state index in [2.05, 4.69) is 15.5 Å². The van der Waals surface area contributed by atoms with Crippen LogP contribution < -0.4 is 21.3 Å². The predicted octanol–water partition coefficient (Wildman–Crippen LogP) is 2.90. The van der Waals surface area contributed by atoms with E-state index >= 15 is 0 Å². The van der Waals surface area contributed by atoms with Crippen LogP contribution in [0.25, 0.3) is 15.9 Å². The summed E-state index contributed by atoms with van der Waals surface area (Å²) in [5.74, 6) is 0.595. The number of rotatable bonds is 6. The molecule has 0 radical (unpaired) electrons. The molecule has 32 heavy (non-hydrogen) atoms. The molecule has 0 saturated carbocycles. The van der Waals surface area contributed by atoms with Crippen molar-refractivity contribution in [1.82, 2.24) is 19.3 Å². The first-order valence-electron chi connectivity index (χ1n) is 10.1. The molecule has 0 saturated heterocycles. The fourth-order valence-corrected chi connectivity index (χ4v) is 4.63. The summed E-state index contributed by atoms with van der Waals surface area (Å²) in [5, 5.41) is 9.86. The highest BCUT2D eigenvalue weighted by molar-refractivity contribution is 7.18. The van der Waals surface area contributed by atoms with Crippen molar-refractivity contribution in [2.75, 3.05) is 11.9 Å². The van der Waals surface area contributed by atoms with E-state index in [1.165, 1.54) is 15.9 Å². The van der Waals surface area contributed by atoms with Gasteiger partial charge in [0.25, 0.3) is 5.56 Å². The number of aryl methyl sites for hydroxylation is 3. The Morgan fingerprint density at radius 1 is 1.19 bits per heavy atom. The van der Waals surface area contributed by atoms with Crippen LogP contribution in [0.1, 0.15) is 23.1 Å². The molecule has 1 aromatic carbocycles. The number of carbonyl (C=O) groups excluding carboxylic acids is 1. The number of hydrogen-bond donors (Lipinski definition) is 2. The number of hydrogen-bond acceptors (Lipinski definition) is 6. The van der Waals surface area contributed by atoms with Gasteiger partial charge in [0.2, 0.25) is 5.91 Å². The summed E-state index contributed by atoms with van der Waals surface area (Å²) in [6, 6.07) is 8.42. The molecule has 166 valence electrons. The minimum Gasteiger partial charge on any atom is -0.494 e. The number of amides is 1. The second kappa shape index (κ2) is 8.46. The number of aromatic nitrogens is 4. The van der Waals surface area contributed by atoms with E-state index in [0.29, 0.717) is 34.1 Å². The molecule has 0 bridgehead atoms. The van der Waals surface area contributed by atoms with Crippen LogP contribution in [0, 0.1) is 20.8 Å². The van der Waals surface area contributed by atoms with E-state index in [0.717, 1.165) is 20.7 Å². The van der Waals surface area contributed by atoms with E-state index in [1.54, 1.807) is 30.3 Å². The van der Waals surface area contributed by atoms with Crippen molar-refractivity contribution in [2.24, 2.45) is 0 Å². The Morgan fingerprint density at radius 3 is 2.53 bits per heavy atom. The number of benzene rings is 1. The van der Waals surface area contributed by atoms with Gasteiger partial charge >= 0.3 is 5.69 Å². The maximum absolute atomic E-state index is 13.4. The van der Waals surface area contributed by atoms with Gasteiger partial charge in [-0.1, -0.05) is 0 Å². The van der Waals surface area contributed by atoms with Crippen molar-refractivity contribution in [1.29, 1.82) is 0 Å². The Balaban J connectivity index is 1.84. The van der Waals surface area contributed by atoms with Crippen molar-refractivity contribution in [2.45, 2.75) is 34.2 Å². The topological polar surface area (TPSA) is 111 Å². The molecule has 0 fully saturated rings. The average molecular weight is 454 g/mol. The normalized spacial score (nSPS) is 11.1. The molecule has 0 aliphatic heterocycles. The zero-order valence-corrected chi connectivity index (χ0v) is 19.0. The van der Waals surface area contributed by atoms with E-state index in [-0.39, 0.29) is 6.54 Å². The predicted molar refractivity (Wildman–Crippen MR) is 124 cm³/mol. The monoisotopic (exact) mass is 453 g/mol. The van der Waals surface area contributed by atoms with Crippen molar-refractivity contribution in [3.8, 4) is 11.4 Å².